The van der Waals surface area contributed by atoms with Crippen molar-refractivity contribution in [3.05, 3.63) is 81.9 Å². The summed E-state index contributed by atoms with van der Waals surface area (Å²) in [6.45, 7) is 2.48. The Labute approximate surface area is 145 Å². The molecule has 122 valence electrons. The normalized spacial score (nSPS) is 11.0. The van der Waals surface area contributed by atoms with E-state index in [2.05, 4.69) is 19.1 Å². The molecule has 0 aliphatic heterocycles. The molecule has 3 nitrogen and oxygen atoms in total. The summed E-state index contributed by atoms with van der Waals surface area (Å²) in [6, 6.07) is 15.4. The maximum atomic E-state index is 11.9. The van der Waals surface area contributed by atoms with E-state index in [9.17, 15) is 4.79 Å². The Balaban J connectivity index is 1.56. The van der Waals surface area contributed by atoms with E-state index in [4.69, 9.17) is 9.15 Å². The molecule has 0 unspecified atom stereocenters. The molecule has 0 aliphatic carbocycles. The standard InChI is InChI=1S/C20H18O3S/c1-2-15-5-7-16(8-6-15)22-14-18-10-9-17(23-18)11-12-19(21)20-4-3-13-24-20/h3-13H,2,14H2,1H3/b12-11+. The molecule has 4 heteroatoms. The van der Waals surface area contributed by atoms with Gasteiger partial charge in [0.2, 0.25) is 0 Å². The average molecular weight is 338 g/mol. The van der Waals surface area contributed by atoms with Crippen molar-refractivity contribution >= 4 is 23.2 Å². The Morgan fingerprint density at radius 1 is 1.17 bits per heavy atom. The number of thiophene rings is 1. The van der Waals surface area contributed by atoms with Crippen LogP contribution in [0.15, 0.2) is 64.4 Å². The van der Waals surface area contributed by atoms with Crippen molar-refractivity contribution in [1.82, 2.24) is 0 Å². The quantitative estimate of drug-likeness (QED) is 0.429. The fraction of sp³-hybridized carbons (Fsp3) is 0.150. The summed E-state index contributed by atoms with van der Waals surface area (Å²) in [7, 11) is 0. The fourth-order valence-corrected chi connectivity index (χ4v) is 2.84. The summed E-state index contributed by atoms with van der Waals surface area (Å²) >= 11 is 1.43. The first kappa shape index (κ1) is 16.3. The molecule has 0 amide bonds. The summed E-state index contributed by atoms with van der Waals surface area (Å²) in [5.74, 6) is 2.15. The zero-order valence-corrected chi connectivity index (χ0v) is 14.2. The van der Waals surface area contributed by atoms with Gasteiger partial charge in [-0.1, -0.05) is 25.1 Å². The van der Waals surface area contributed by atoms with E-state index in [0.29, 0.717) is 12.4 Å². The Morgan fingerprint density at radius 2 is 2.00 bits per heavy atom. The number of rotatable bonds is 7. The average Bonchev–Trinajstić information content (AvgIpc) is 3.30. The Kier molecular flexibility index (Phi) is 5.29. The molecule has 1 aromatic carbocycles. The van der Waals surface area contributed by atoms with Gasteiger partial charge in [0.15, 0.2) is 5.78 Å². The molecule has 0 fully saturated rings. The molecule has 0 radical (unpaired) electrons. The van der Waals surface area contributed by atoms with Gasteiger partial charge in [-0.05, 0) is 59.8 Å². The first-order chi connectivity index (χ1) is 11.7. The van der Waals surface area contributed by atoms with Crippen LogP contribution in [-0.2, 0) is 13.0 Å². The van der Waals surface area contributed by atoms with Crippen LogP contribution in [-0.4, -0.2) is 5.78 Å². The number of ketones is 1. The van der Waals surface area contributed by atoms with Crippen LogP contribution in [0.1, 0.15) is 33.7 Å². The van der Waals surface area contributed by atoms with Crippen LogP contribution in [0.4, 0.5) is 0 Å². The molecule has 0 saturated carbocycles. The van der Waals surface area contributed by atoms with Crippen molar-refractivity contribution < 1.29 is 13.9 Å². The van der Waals surface area contributed by atoms with Crippen molar-refractivity contribution in [3.63, 3.8) is 0 Å². The van der Waals surface area contributed by atoms with Crippen molar-refractivity contribution in [3.8, 4) is 5.75 Å². The van der Waals surface area contributed by atoms with E-state index in [1.54, 1.807) is 6.08 Å². The highest BCUT2D eigenvalue weighted by Gasteiger charge is 2.04. The summed E-state index contributed by atoms with van der Waals surface area (Å²) in [5, 5.41) is 1.89. The SMILES string of the molecule is CCc1ccc(OCc2ccc(/C=C/C(=O)c3cccs3)o2)cc1. The third kappa shape index (κ3) is 4.24. The predicted octanol–water partition coefficient (Wildman–Crippen LogP) is 5.38. The number of aryl methyl sites for hydroxylation is 1. The van der Waals surface area contributed by atoms with Crippen LogP contribution in [0, 0.1) is 0 Å². The number of carbonyl (C=O) groups excluding carboxylic acids is 1. The van der Waals surface area contributed by atoms with Gasteiger partial charge in [-0.3, -0.25) is 4.79 Å². The lowest BCUT2D eigenvalue weighted by Gasteiger charge is -2.04. The third-order valence-corrected chi connectivity index (χ3v) is 4.44. The highest BCUT2D eigenvalue weighted by atomic mass is 32.1. The second-order valence-corrected chi connectivity index (χ2v) is 6.21. The molecule has 0 spiro atoms. The van der Waals surface area contributed by atoms with Gasteiger partial charge in [0.25, 0.3) is 0 Å². The van der Waals surface area contributed by atoms with Crippen LogP contribution >= 0.6 is 11.3 Å². The third-order valence-electron chi connectivity index (χ3n) is 3.56. The van der Waals surface area contributed by atoms with Crippen molar-refractivity contribution in [2.45, 2.75) is 20.0 Å². The molecule has 0 N–H and O–H groups in total. The maximum absolute atomic E-state index is 11.9. The predicted molar refractivity (Wildman–Crippen MR) is 96.5 cm³/mol. The van der Waals surface area contributed by atoms with Crippen molar-refractivity contribution in [1.29, 1.82) is 0 Å². The van der Waals surface area contributed by atoms with E-state index in [1.165, 1.54) is 23.0 Å². The van der Waals surface area contributed by atoms with Gasteiger partial charge in [-0.15, -0.1) is 11.3 Å². The summed E-state index contributed by atoms with van der Waals surface area (Å²) in [5.41, 5.74) is 1.28. The van der Waals surface area contributed by atoms with Crippen LogP contribution in [0.3, 0.4) is 0 Å². The van der Waals surface area contributed by atoms with Crippen LogP contribution < -0.4 is 4.74 Å². The Morgan fingerprint density at radius 3 is 2.71 bits per heavy atom. The molecular weight excluding hydrogens is 320 g/mol. The van der Waals surface area contributed by atoms with Gasteiger partial charge in [-0.25, -0.2) is 0 Å². The lowest BCUT2D eigenvalue weighted by molar-refractivity contribution is 0.105. The second kappa shape index (κ2) is 7.79. The Bertz CT molecular complexity index is 811. The molecule has 24 heavy (non-hydrogen) atoms. The molecule has 0 saturated heterocycles. The van der Waals surface area contributed by atoms with Crippen LogP contribution in [0.25, 0.3) is 6.08 Å². The minimum absolute atomic E-state index is 0.0183. The lowest BCUT2D eigenvalue weighted by Crippen LogP contribution is -1.93. The zero-order valence-electron chi connectivity index (χ0n) is 13.4. The molecule has 0 bridgehead atoms. The molecular formula is C20H18O3S. The minimum Gasteiger partial charge on any atom is -0.486 e. The van der Waals surface area contributed by atoms with E-state index in [1.807, 2.05) is 41.8 Å². The molecule has 0 aliphatic rings. The van der Waals surface area contributed by atoms with Gasteiger partial charge in [0, 0.05) is 0 Å². The van der Waals surface area contributed by atoms with E-state index in [-0.39, 0.29) is 5.78 Å². The van der Waals surface area contributed by atoms with E-state index < -0.39 is 0 Å². The maximum Gasteiger partial charge on any atom is 0.195 e. The van der Waals surface area contributed by atoms with Gasteiger partial charge < -0.3 is 9.15 Å². The molecule has 3 rings (SSSR count). The first-order valence-corrected chi connectivity index (χ1v) is 8.69. The molecule has 2 aromatic heterocycles. The van der Waals surface area contributed by atoms with Crippen molar-refractivity contribution in [2.75, 3.05) is 0 Å². The smallest absolute Gasteiger partial charge is 0.195 e. The zero-order chi connectivity index (χ0) is 16.8. The van der Waals surface area contributed by atoms with Crippen molar-refractivity contribution in [2.24, 2.45) is 0 Å². The summed E-state index contributed by atoms with van der Waals surface area (Å²) < 4.78 is 11.4. The molecule has 2 heterocycles. The topological polar surface area (TPSA) is 39.4 Å². The van der Waals surface area contributed by atoms with Gasteiger partial charge in [-0.2, -0.15) is 0 Å². The van der Waals surface area contributed by atoms with Crippen LogP contribution in [0.5, 0.6) is 5.75 Å². The highest BCUT2D eigenvalue weighted by molar-refractivity contribution is 7.12. The molecule has 3 aromatic rings. The fourth-order valence-electron chi connectivity index (χ4n) is 2.20. The Hall–Kier alpha value is -2.59. The number of ether oxygens (including phenoxy) is 1. The van der Waals surface area contributed by atoms with Gasteiger partial charge in [0.05, 0.1) is 4.88 Å². The van der Waals surface area contributed by atoms with E-state index in [0.717, 1.165) is 22.8 Å². The number of hydrogen-bond acceptors (Lipinski definition) is 4. The monoisotopic (exact) mass is 338 g/mol. The van der Waals surface area contributed by atoms with E-state index >= 15 is 0 Å². The number of carbonyl (C=O) groups is 1. The molecule has 0 atom stereocenters. The minimum atomic E-state index is -0.0183. The summed E-state index contributed by atoms with van der Waals surface area (Å²) in [4.78, 5) is 12.6. The van der Waals surface area contributed by atoms with Crippen LogP contribution in [0.2, 0.25) is 0 Å². The summed E-state index contributed by atoms with van der Waals surface area (Å²) in [6.07, 6.45) is 4.22. The number of allylic oxidation sites excluding steroid dienone is 1. The number of benzene rings is 1. The second-order valence-electron chi connectivity index (χ2n) is 5.27. The van der Waals surface area contributed by atoms with Gasteiger partial charge in [0.1, 0.15) is 23.9 Å². The lowest BCUT2D eigenvalue weighted by atomic mass is 10.2. The number of furan rings is 1. The largest absolute Gasteiger partial charge is 0.486 e. The first-order valence-electron chi connectivity index (χ1n) is 7.81. The highest BCUT2D eigenvalue weighted by Crippen LogP contribution is 2.17. The van der Waals surface area contributed by atoms with Gasteiger partial charge >= 0.3 is 0 Å². The number of hydrogen-bond donors (Lipinski definition) is 0.